The number of nitriles is 1. The summed E-state index contributed by atoms with van der Waals surface area (Å²) in [6, 6.07) is 3.43. The number of nitrogens with two attached hydrogens (primary N) is 1. The number of aliphatic hydroxyl groups is 1. The highest BCUT2D eigenvalue weighted by Gasteiger charge is 2.17. The Kier molecular flexibility index (Phi) is 5.85. The van der Waals surface area contributed by atoms with Crippen molar-refractivity contribution >= 4 is 11.7 Å². The molecule has 0 atom stereocenters. The van der Waals surface area contributed by atoms with Gasteiger partial charge in [-0.05, 0) is 30.9 Å². The molecule has 0 spiro atoms. The van der Waals surface area contributed by atoms with Crippen molar-refractivity contribution in [3.63, 3.8) is 0 Å². The number of hydrogen-bond donors (Lipinski definition) is 3. The van der Waals surface area contributed by atoms with E-state index >= 15 is 0 Å². The summed E-state index contributed by atoms with van der Waals surface area (Å²) in [5, 5.41) is 18.9. The molecule has 1 aromatic heterocycles. The van der Waals surface area contributed by atoms with E-state index in [2.05, 4.69) is 18.8 Å². The third-order valence-corrected chi connectivity index (χ3v) is 3.14. The molecule has 1 aromatic rings. The highest BCUT2D eigenvalue weighted by Crippen LogP contribution is 2.21. The number of H-pyrrole nitrogens is 1. The van der Waals surface area contributed by atoms with Gasteiger partial charge in [0.2, 0.25) is 0 Å². The molecule has 0 bridgehead atoms. The van der Waals surface area contributed by atoms with Gasteiger partial charge in [-0.3, -0.25) is 4.79 Å². The molecule has 4 N–H and O–H groups in total. The van der Waals surface area contributed by atoms with E-state index in [0.717, 1.165) is 43.4 Å². The van der Waals surface area contributed by atoms with E-state index in [9.17, 15) is 9.90 Å². The number of hydrogen-bond acceptors (Lipinski definition) is 3. The smallest absolute Gasteiger partial charge is 0.263 e. The van der Waals surface area contributed by atoms with Crippen molar-refractivity contribution in [3.05, 3.63) is 28.6 Å². The summed E-state index contributed by atoms with van der Waals surface area (Å²) in [4.78, 5) is 14.2. The number of aliphatic hydroxyl groups excluding tert-OH is 1. The average molecular weight is 275 g/mol. The highest BCUT2D eigenvalue weighted by molar-refractivity contribution is 6.02. The van der Waals surface area contributed by atoms with E-state index in [4.69, 9.17) is 11.0 Å². The minimum atomic E-state index is -0.924. The molecule has 5 nitrogen and oxygen atoms in total. The Labute approximate surface area is 119 Å². The lowest BCUT2D eigenvalue weighted by molar-refractivity contribution is -0.114. The van der Waals surface area contributed by atoms with E-state index in [-0.39, 0.29) is 5.76 Å². The Hall–Kier alpha value is -2.22. The van der Waals surface area contributed by atoms with Gasteiger partial charge in [0.25, 0.3) is 5.91 Å². The first kappa shape index (κ1) is 15.8. The van der Waals surface area contributed by atoms with E-state index in [1.165, 1.54) is 0 Å². The zero-order valence-corrected chi connectivity index (χ0v) is 12.0. The second-order valence-corrected chi connectivity index (χ2v) is 4.74. The number of carbonyl (C=O) groups excluding carboxylic acids is 1. The van der Waals surface area contributed by atoms with E-state index in [1.54, 1.807) is 12.1 Å². The van der Waals surface area contributed by atoms with Gasteiger partial charge in [0.05, 0.1) is 5.69 Å². The van der Waals surface area contributed by atoms with Gasteiger partial charge in [-0.15, -0.1) is 0 Å². The van der Waals surface area contributed by atoms with Crippen LogP contribution in [0.1, 0.15) is 50.1 Å². The minimum Gasteiger partial charge on any atom is -0.504 e. The maximum Gasteiger partial charge on any atom is 0.263 e. The summed E-state index contributed by atoms with van der Waals surface area (Å²) in [5.41, 5.74) is 7.21. The number of rotatable bonds is 7. The fourth-order valence-corrected chi connectivity index (χ4v) is 2.10. The number of aryl methyl sites for hydroxylation is 2. The van der Waals surface area contributed by atoms with Gasteiger partial charge in [0.1, 0.15) is 6.07 Å². The molecular weight excluding hydrogens is 254 g/mol. The Morgan fingerprint density at radius 1 is 1.40 bits per heavy atom. The fraction of sp³-hybridized carbons (Fsp3) is 0.467. The molecule has 1 heterocycles. The van der Waals surface area contributed by atoms with Crippen LogP contribution >= 0.6 is 0 Å². The number of nitrogens with zero attached hydrogens (tertiary/aromatic N) is 1. The molecule has 20 heavy (non-hydrogen) atoms. The van der Waals surface area contributed by atoms with Crippen LogP contribution in [0.2, 0.25) is 0 Å². The van der Waals surface area contributed by atoms with Crippen molar-refractivity contribution < 1.29 is 9.90 Å². The van der Waals surface area contributed by atoms with Crippen LogP contribution in [-0.2, 0) is 17.6 Å². The van der Waals surface area contributed by atoms with Crippen molar-refractivity contribution in [3.8, 4) is 6.07 Å². The summed E-state index contributed by atoms with van der Waals surface area (Å²) in [6.07, 6.45) is 4.88. The molecule has 0 aliphatic heterocycles. The standard InChI is InChI=1S/C15H21N3O2/c1-3-5-7-12-10(6-4-2)8-13(18-12)14(19)11(9-16)15(17)20/h8,18-19H,3-7H2,1-2H3,(H2,17,20)/b14-11-. The molecule has 0 aliphatic rings. The molecule has 0 saturated heterocycles. The van der Waals surface area contributed by atoms with Crippen molar-refractivity contribution in [2.45, 2.75) is 46.0 Å². The maximum atomic E-state index is 11.1. The normalized spacial score (nSPS) is 11.8. The van der Waals surface area contributed by atoms with Crippen LogP contribution in [0, 0.1) is 11.3 Å². The summed E-state index contributed by atoms with van der Waals surface area (Å²) >= 11 is 0. The van der Waals surface area contributed by atoms with E-state index in [1.807, 2.05) is 0 Å². The predicted octanol–water partition coefficient (Wildman–Crippen LogP) is 2.59. The lowest BCUT2D eigenvalue weighted by Gasteiger charge is -2.01. The summed E-state index contributed by atoms with van der Waals surface area (Å²) in [5.74, 6) is -1.30. The number of primary amides is 1. The molecule has 0 aromatic carbocycles. The second kappa shape index (κ2) is 7.39. The Morgan fingerprint density at radius 2 is 2.10 bits per heavy atom. The van der Waals surface area contributed by atoms with Gasteiger partial charge in [-0.2, -0.15) is 5.26 Å². The van der Waals surface area contributed by atoms with Gasteiger partial charge >= 0.3 is 0 Å². The SMILES string of the molecule is CCCCc1[nH]c(/C(O)=C(\C#N)C(N)=O)cc1CCC. The van der Waals surface area contributed by atoms with Crippen LogP contribution in [0.25, 0.3) is 5.76 Å². The Bertz CT molecular complexity index is 550. The quantitative estimate of drug-likeness (QED) is 0.405. The molecule has 1 rings (SSSR count). The van der Waals surface area contributed by atoms with Crippen LogP contribution in [0.5, 0.6) is 0 Å². The monoisotopic (exact) mass is 275 g/mol. The molecule has 0 fully saturated rings. The first-order chi connectivity index (χ1) is 9.54. The topological polar surface area (TPSA) is 103 Å². The average Bonchev–Trinajstić information content (AvgIpc) is 2.80. The molecule has 0 radical (unpaired) electrons. The van der Waals surface area contributed by atoms with E-state index in [0.29, 0.717) is 5.69 Å². The molecule has 0 saturated carbocycles. The van der Waals surface area contributed by atoms with E-state index < -0.39 is 11.5 Å². The number of aromatic amines is 1. The van der Waals surface area contributed by atoms with Crippen LogP contribution in [0.3, 0.4) is 0 Å². The molecule has 1 amide bonds. The first-order valence-corrected chi connectivity index (χ1v) is 6.89. The number of unbranched alkanes of at least 4 members (excludes halogenated alkanes) is 1. The number of aromatic nitrogens is 1. The zero-order valence-electron chi connectivity index (χ0n) is 12.0. The van der Waals surface area contributed by atoms with Gasteiger partial charge in [-0.1, -0.05) is 26.7 Å². The number of nitrogens with one attached hydrogen (secondary N) is 1. The van der Waals surface area contributed by atoms with Gasteiger partial charge in [0, 0.05) is 5.69 Å². The molecular formula is C15H21N3O2. The molecule has 5 heteroatoms. The summed E-state index contributed by atoms with van der Waals surface area (Å²) in [6.45, 7) is 4.19. The Morgan fingerprint density at radius 3 is 2.60 bits per heavy atom. The zero-order chi connectivity index (χ0) is 15.1. The number of amides is 1. The largest absolute Gasteiger partial charge is 0.504 e. The van der Waals surface area contributed by atoms with Crippen LogP contribution in [0.15, 0.2) is 11.6 Å². The van der Waals surface area contributed by atoms with Gasteiger partial charge in [0.15, 0.2) is 11.3 Å². The second-order valence-electron chi connectivity index (χ2n) is 4.74. The molecule has 0 unspecified atom stereocenters. The highest BCUT2D eigenvalue weighted by atomic mass is 16.3. The third kappa shape index (κ3) is 3.64. The maximum absolute atomic E-state index is 11.1. The summed E-state index contributed by atoms with van der Waals surface area (Å²) in [7, 11) is 0. The first-order valence-electron chi connectivity index (χ1n) is 6.89. The number of carbonyl (C=O) groups is 1. The van der Waals surface area contributed by atoms with Crippen molar-refractivity contribution in [2.24, 2.45) is 5.73 Å². The van der Waals surface area contributed by atoms with Gasteiger partial charge in [-0.25, -0.2) is 0 Å². The summed E-state index contributed by atoms with van der Waals surface area (Å²) < 4.78 is 0. The van der Waals surface area contributed by atoms with Crippen molar-refractivity contribution in [1.29, 1.82) is 5.26 Å². The van der Waals surface area contributed by atoms with Crippen LogP contribution in [-0.4, -0.2) is 16.0 Å². The molecule has 108 valence electrons. The third-order valence-electron chi connectivity index (χ3n) is 3.14. The lowest BCUT2D eigenvalue weighted by atomic mass is 10.1. The lowest BCUT2D eigenvalue weighted by Crippen LogP contribution is -2.14. The van der Waals surface area contributed by atoms with Crippen LogP contribution in [0.4, 0.5) is 0 Å². The van der Waals surface area contributed by atoms with Crippen molar-refractivity contribution in [2.75, 3.05) is 0 Å². The Balaban J connectivity index is 3.19. The van der Waals surface area contributed by atoms with Crippen molar-refractivity contribution in [1.82, 2.24) is 4.98 Å². The fourth-order valence-electron chi connectivity index (χ4n) is 2.10. The molecule has 0 aliphatic carbocycles. The predicted molar refractivity (Wildman–Crippen MR) is 77.8 cm³/mol. The minimum absolute atomic E-state index is 0.375. The van der Waals surface area contributed by atoms with Crippen LogP contribution < -0.4 is 5.73 Å². The van der Waals surface area contributed by atoms with Gasteiger partial charge < -0.3 is 15.8 Å².